The van der Waals surface area contributed by atoms with Gasteiger partial charge in [0.1, 0.15) is 5.75 Å². The van der Waals surface area contributed by atoms with E-state index in [0.717, 1.165) is 5.56 Å². The Morgan fingerprint density at radius 3 is 2.29 bits per heavy atom. The molecule has 3 aromatic rings. The molecule has 0 saturated carbocycles. The minimum absolute atomic E-state index is 0.110. The van der Waals surface area contributed by atoms with Crippen LogP contribution in [0.15, 0.2) is 66.7 Å². The summed E-state index contributed by atoms with van der Waals surface area (Å²) < 4.78 is 5.08. The summed E-state index contributed by atoms with van der Waals surface area (Å²) in [4.78, 5) is 24.9. The van der Waals surface area contributed by atoms with Crippen molar-refractivity contribution in [2.24, 2.45) is 0 Å². The lowest BCUT2D eigenvalue weighted by atomic mass is 10.1. The molecule has 3 N–H and O–H groups in total. The van der Waals surface area contributed by atoms with Gasteiger partial charge in [0, 0.05) is 22.5 Å². The Hall–Kier alpha value is -3.42. The number of carbonyl (C=O) groups is 2. The molecule has 0 aliphatic carbocycles. The maximum atomic E-state index is 12.5. The van der Waals surface area contributed by atoms with Crippen LogP contribution < -0.4 is 20.7 Å². The van der Waals surface area contributed by atoms with Gasteiger partial charge in [0.2, 0.25) is 0 Å². The number of carbonyl (C=O) groups excluding carboxylic acids is 2. The molecular weight excluding hydrogens is 434 g/mol. The zero-order chi connectivity index (χ0) is 22.4. The highest BCUT2D eigenvalue weighted by molar-refractivity contribution is 7.80. The highest BCUT2D eigenvalue weighted by atomic mass is 35.5. The van der Waals surface area contributed by atoms with Gasteiger partial charge < -0.3 is 15.4 Å². The van der Waals surface area contributed by atoms with Crippen LogP contribution in [0.3, 0.4) is 0 Å². The molecule has 0 saturated heterocycles. The number of hydrogen-bond acceptors (Lipinski definition) is 4. The number of amides is 2. The average molecular weight is 454 g/mol. The molecule has 0 bridgehead atoms. The smallest absolute Gasteiger partial charge is 0.257 e. The first-order valence-electron chi connectivity index (χ1n) is 9.30. The summed E-state index contributed by atoms with van der Waals surface area (Å²) in [5.74, 6) is -0.142. The molecule has 0 radical (unpaired) electrons. The van der Waals surface area contributed by atoms with E-state index in [1.165, 1.54) is 13.2 Å². The molecule has 0 atom stereocenters. The van der Waals surface area contributed by atoms with E-state index >= 15 is 0 Å². The Balaban J connectivity index is 1.63. The number of hydrogen-bond donors (Lipinski definition) is 3. The van der Waals surface area contributed by atoms with Gasteiger partial charge in [-0.1, -0.05) is 35.9 Å². The minimum atomic E-state index is -0.411. The molecule has 3 aromatic carbocycles. The van der Waals surface area contributed by atoms with Gasteiger partial charge in [-0.2, -0.15) is 0 Å². The van der Waals surface area contributed by atoms with Crippen LogP contribution >= 0.6 is 23.8 Å². The van der Waals surface area contributed by atoms with Crippen molar-refractivity contribution in [2.75, 3.05) is 17.7 Å². The SMILES string of the molecule is COc1ccc(C(=O)NC(=S)Nc2cccc(NC(=O)c3ccccc3C)c2)cc1Cl. The number of ether oxygens (including phenoxy) is 1. The summed E-state index contributed by atoms with van der Waals surface area (Å²) in [6, 6.07) is 19.1. The monoisotopic (exact) mass is 453 g/mol. The van der Waals surface area contributed by atoms with Gasteiger partial charge in [-0.15, -0.1) is 0 Å². The summed E-state index contributed by atoms with van der Waals surface area (Å²) in [7, 11) is 1.50. The van der Waals surface area contributed by atoms with Crippen LogP contribution in [0, 0.1) is 6.92 Å². The number of methoxy groups -OCH3 is 1. The van der Waals surface area contributed by atoms with Crippen molar-refractivity contribution >= 4 is 52.1 Å². The molecule has 0 fully saturated rings. The third kappa shape index (κ3) is 5.81. The normalized spacial score (nSPS) is 10.2. The predicted molar refractivity (Wildman–Crippen MR) is 127 cm³/mol. The zero-order valence-electron chi connectivity index (χ0n) is 16.9. The first kappa shape index (κ1) is 22.3. The van der Waals surface area contributed by atoms with E-state index in [2.05, 4.69) is 16.0 Å². The quantitative estimate of drug-likeness (QED) is 0.472. The van der Waals surface area contributed by atoms with Gasteiger partial charge in [-0.3, -0.25) is 14.9 Å². The average Bonchev–Trinajstić information content (AvgIpc) is 2.74. The molecule has 0 heterocycles. The Labute approximate surface area is 190 Å². The second-order valence-electron chi connectivity index (χ2n) is 6.61. The summed E-state index contributed by atoms with van der Waals surface area (Å²) in [5, 5.41) is 8.83. The van der Waals surface area contributed by atoms with Crippen LogP contribution in [-0.4, -0.2) is 24.0 Å². The molecule has 6 nitrogen and oxygen atoms in total. The van der Waals surface area contributed by atoms with Crippen LogP contribution in [0.1, 0.15) is 26.3 Å². The topological polar surface area (TPSA) is 79.5 Å². The van der Waals surface area contributed by atoms with E-state index in [1.807, 2.05) is 25.1 Å². The fraction of sp³-hybridized carbons (Fsp3) is 0.0870. The standard InChI is InChI=1S/C23H20ClN3O3S/c1-14-6-3-4-9-18(14)22(29)25-16-7-5-8-17(13-16)26-23(31)27-21(28)15-10-11-20(30-2)19(24)12-15/h3-13H,1-2H3,(H,25,29)(H2,26,27,28,31). The molecule has 31 heavy (non-hydrogen) atoms. The van der Waals surface area contributed by atoms with Crippen molar-refractivity contribution in [3.8, 4) is 5.75 Å². The lowest BCUT2D eigenvalue weighted by molar-refractivity contribution is 0.0976. The van der Waals surface area contributed by atoms with Crippen molar-refractivity contribution in [2.45, 2.75) is 6.92 Å². The van der Waals surface area contributed by atoms with Gasteiger partial charge in [-0.05, 0) is 67.2 Å². The second kappa shape index (κ2) is 10.1. The number of rotatable bonds is 5. The van der Waals surface area contributed by atoms with E-state index in [9.17, 15) is 9.59 Å². The molecule has 158 valence electrons. The van der Waals surface area contributed by atoms with E-state index in [1.54, 1.807) is 42.5 Å². The molecule has 0 spiro atoms. The van der Waals surface area contributed by atoms with Gasteiger partial charge in [0.15, 0.2) is 5.11 Å². The Morgan fingerprint density at radius 1 is 0.903 bits per heavy atom. The third-order valence-corrected chi connectivity index (χ3v) is 4.91. The number of benzene rings is 3. The molecule has 0 aromatic heterocycles. The molecule has 3 rings (SSSR count). The van der Waals surface area contributed by atoms with E-state index in [0.29, 0.717) is 33.3 Å². The molecule has 0 aliphatic rings. The minimum Gasteiger partial charge on any atom is -0.495 e. The van der Waals surface area contributed by atoms with Crippen LogP contribution in [0.5, 0.6) is 5.75 Å². The Bertz CT molecular complexity index is 1150. The van der Waals surface area contributed by atoms with Gasteiger partial charge in [0.25, 0.3) is 11.8 Å². The number of thiocarbonyl (C=S) groups is 1. The zero-order valence-corrected chi connectivity index (χ0v) is 18.4. The molecule has 2 amide bonds. The van der Waals surface area contributed by atoms with Crippen molar-refractivity contribution in [3.05, 3.63) is 88.4 Å². The number of halogens is 1. The molecule has 0 aliphatic heterocycles. The van der Waals surface area contributed by atoms with Gasteiger partial charge >= 0.3 is 0 Å². The van der Waals surface area contributed by atoms with E-state index < -0.39 is 5.91 Å². The maximum Gasteiger partial charge on any atom is 0.257 e. The Kier molecular flexibility index (Phi) is 7.23. The molecular formula is C23H20ClN3O3S. The summed E-state index contributed by atoms with van der Waals surface area (Å²) in [6.45, 7) is 1.88. The van der Waals surface area contributed by atoms with Crippen molar-refractivity contribution in [3.63, 3.8) is 0 Å². The molecule has 0 unspecified atom stereocenters. The first-order valence-corrected chi connectivity index (χ1v) is 10.1. The van der Waals surface area contributed by atoms with Crippen LogP contribution in [0.25, 0.3) is 0 Å². The largest absolute Gasteiger partial charge is 0.495 e. The highest BCUT2D eigenvalue weighted by Gasteiger charge is 2.12. The van der Waals surface area contributed by atoms with Gasteiger partial charge in [-0.25, -0.2) is 0 Å². The number of aryl methyl sites for hydroxylation is 1. The first-order chi connectivity index (χ1) is 14.9. The summed E-state index contributed by atoms with van der Waals surface area (Å²) in [5.41, 5.74) is 3.03. The number of nitrogens with one attached hydrogen (secondary N) is 3. The maximum absolute atomic E-state index is 12.5. The van der Waals surface area contributed by atoms with Crippen LogP contribution in [-0.2, 0) is 0 Å². The lowest BCUT2D eigenvalue weighted by Gasteiger charge is -2.12. The van der Waals surface area contributed by atoms with Crippen LogP contribution in [0.4, 0.5) is 11.4 Å². The van der Waals surface area contributed by atoms with Gasteiger partial charge in [0.05, 0.1) is 12.1 Å². The second-order valence-corrected chi connectivity index (χ2v) is 7.42. The Morgan fingerprint density at radius 2 is 1.61 bits per heavy atom. The van der Waals surface area contributed by atoms with Crippen LogP contribution in [0.2, 0.25) is 5.02 Å². The fourth-order valence-electron chi connectivity index (χ4n) is 2.85. The van der Waals surface area contributed by atoms with Crippen molar-refractivity contribution in [1.82, 2.24) is 5.32 Å². The fourth-order valence-corrected chi connectivity index (χ4v) is 3.31. The summed E-state index contributed by atoms with van der Waals surface area (Å²) in [6.07, 6.45) is 0. The summed E-state index contributed by atoms with van der Waals surface area (Å²) >= 11 is 11.3. The van der Waals surface area contributed by atoms with E-state index in [-0.39, 0.29) is 11.0 Å². The third-order valence-electron chi connectivity index (χ3n) is 4.41. The number of anilines is 2. The molecule has 8 heteroatoms. The van der Waals surface area contributed by atoms with Crippen molar-refractivity contribution in [1.29, 1.82) is 0 Å². The predicted octanol–water partition coefficient (Wildman–Crippen LogP) is 5.04. The van der Waals surface area contributed by atoms with E-state index in [4.69, 9.17) is 28.6 Å². The lowest BCUT2D eigenvalue weighted by Crippen LogP contribution is -2.34. The highest BCUT2D eigenvalue weighted by Crippen LogP contribution is 2.25. The van der Waals surface area contributed by atoms with Crippen molar-refractivity contribution < 1.29 is 14.3 Å².